The average Bonchev–Trinajstić information content (AvgIpc) is 2.05. The first-order valence-corrected chi connectivity index (χ1v) is 3.18. The normalized spacial score (nSPS) is 10.1. The first kappa shape index (κ1) is 7.84. The quantitative estimate of drug-likeness (QED) is 0.441. The number of ketones is 1. The molecule has 1 aromatic rings. The Kier molecular flexibility index (Phi) is 2.30. The van der Waals surface area contributed by atoms with Crippen LogP contribution in [0, 0.1) is 0 Å². The second-order valence-electron chi connectivity index (χ2n) is 2.11. The maximum absolute atomic E-state index is 11.0. The van der Waals surface area contributed by atoms with E-state index in [1.807, 2.05) is 0 Å². The van der Waals surface area contributed by atoms with Crippen LogP contribution in [0.1, 0.15) is 10.5 Å². The molecule has 0 saturated carbocycles. The van der Waals surface area contributed by atoms with Gasteiger partial charge in [0, 0.05) is 6.20 Å². The highest BCUT2D eigenvalue weighted by Crippen LogP contribution is 1.94. The molecule has 0 aliphatic rings. The van der Waals surface area contributed by atoms with Crippen LogP contribution in [-0.4, -0.2) is 16.9 Å². The Balaban J connectivity index is 2.86. The van der Waals surface area contributed by atoms with E-state index >= 15 is 0 Å². The van der Waals surface area contributed by atoms with Crippen LogP contribution in [0.3, 0.4) is 0 Å². The molecule has 1 heterocycles. The van der Waals surface area contributed by atoms with E-state index in [2.05, 4.69) is 4.98 Å². The van der Waals surface area contributed by atoms with Gasteiger partial charge in [0.25, 0.3) is 0 Å². The van der Waals surface area contributed by atoms with Crippen molar-refractivity contribution in [2.45, 2.75) is 6.17 Å². The molecule has 0 aliphatic carbocycles. The molecule has 4 heteroatoms. The molecule has 0 spiro atoms. The third-order valence-corrected chi connectivity index (χ3v) is 1.22. The fourth-order valence-electron chi connectivity index (χ4n) is 0.679. The van der Waals surface area contributed by atoms with Crippen molar-refractivity contribution < 1.29 is 4.79 Å². The summed E-state index contributed by atoms with van der Waals surface area (Å²) in [6.45, 7) is 0. The SMILES string of the molecule is NC(N)C(=O)c1ccccn1. The zero-order chi connectivity index (χ0) is 8.27. The van der Waals surface area contributed by atoms with Crippen LogP contribution in [0.25, 0.3) is 0 Å². The number of nitrogens with two attached hydrogens (primary N) is 2. The number of rotatable bonds is 2. The van der Waals surface area contributed by atoms with E-state index in [-0.39, 0.29) is 5.78 Å². The Morgan fingerprint density at radius 3 is 2.64 bits per heavy atom. The minimum absolute atomic E-state index is 0.308. The number of Topliss-reactive ketones (excluding diaryl/α,β-unsaturated/α-hetero) is 1. The highest BCUT2D eigenvalue weighted by Gasteiger charge is 2.10. The van der Waals surface area contributed by atoms with Crippen LogP contribution in [0.15, 0.2) is 24.4 Å². The zero-order valence-electron chi connectivity index (χ0n) is 5.90. The first-order valence-electron chi connectivity index (χ1n) is 3.18. The van der Waals surface area contributed by atoms with Gasteiger partial charge in [-0.05, 0) is 12.1 Å². The van der Waals surface area contributed by atoms with Gasteiger partial charge < -0.3 is 11.5 Å². The van der Waals surface area contributed by atoms with Crippen molar-refractivity contribution in [1.82, 2.24) is 4.98 Å². The molecule has 0 aliphatic heterocycles. The van der Waals surface area contributed by atoms with Crippen LogP contribution < -0.4 is 11.5 Å². The van der Waals surface area contributed by atoms with Crippen molar-refractivity contribution in [3.05, 3.63) is 30.1 Å². The third kappa shape index (κ3) is 1.83. The number of pyridine rings is 1. The van der Waals surface area contributed by atoms with E-state index in [1.54, 1.807) is 18.2 Å². The predicted molar refractivity (Wildman–Crippen MR) is 40.7 cm³/mol. The molecule has 0 bridgehead atoms. The molecule has 11 heavy (non-hydrogen) atoms. The Morgan fingerprint density at radius 1 is 1.45 bits per heavy atom. The van der Waals surface area contributed by atoms with E-state index in [9.17, 15) is 4.79 Å². The Bertz CT molecular complexity index is 245. The van der Waals surface area contributed by atoms with Crippen LogP contribution in [0.4, 0.5) is 0 Å². The molecule has 0 unspecified atom stereocenters. The molecule has 0 atom stereocenters. The van der Waals surface area contributed by atoms with E-state index < -0.39 is 6.17 Å². The van der Waals surface area contributed by atoms with Gasteiger partial charge in [-0.1, -0.05) is 6.07 Å². The average molecular weight is 151 g/mol. The fraction of sp³-hybridized carbons (Fsp3) is 0.143. The van der Waals surface area contributed by atoms with Crippen LogP contribution in [0.2, 0.25) is 0 Å². The Labute approximate surface area is 64.2 Å². The van der Waals surface area contributed by atoms with E-state index in [1.165, 1.54) is 6.20 Å². The number of hydrogen-bond donors (Lipinski definition) is 2. The summed E-state index contributed by atoms with van der Waals surface area (Å²) in [5.74, 6) is -0.342. The third-order valence-electron chi connectivity index (χ3n) is 1.22. The molecule has 1 aromatic heterocycles. The van der Waals surface area contributed by atoms with E-state index in [4.69, 9.17) is 11.5 Å². The van der Waals surface area contributed by atoms with Crippen LogP contribution in [-0.2, 0) is 0 Å². The second kappa shape index (κ2) is 3.23. The number of aromatic nitrogens is 1. The lowest BCUT2D eigenvalue weighted by Crippen LogP contribution is -2.39. The molecule has 4 nitrogen and oxygen atoms in total. The molecule has 58 valence electrons. The van der Waals surface area contributed by atoms with Crippen molar-refractivity contribution in [2.24, 2.45) is 11.5 Å². The van der Waals surface area contributed by atoms with Gasteiger partial charge >= 0.3 is 0 Å². The maximum Gasteiger partial charge on any atom is 0.212 e. The van der Waals surface area contributed by atoms with Crippen LogP contribution >= 0.6 is 0 Å². The van der Waals surface area contributed by atoms with Crippen molar-refractivity contribution in [3.63, 3.8) is 0 Å². The number of nitrogens with zero attached hydrogens (tertiary/aromatic N) is 1. The molecule has 0 amide bonds. The van der Waals surface area contributed by atoms with Crippen molar-refractivity contribution in [2.75, 3.05) is 0 Å². The zero-order valence-corrected chi connectivity index (χ0v) is 5.90. The lowest BCUT2D eigenvalue weighted by molar-refractivity contribution is 0.0958. The number of carbonyl (C=O) groups is 1. The van der Waals surface area contributed by atoms with Gasteiger partial charge in [-0.25, -0.2) is 0 Å². The summed E-state index contributed by atoms with van der Waals surface area (Å²) in [6, 6.07) is 5.01. The summed E-state index contributed by atoms with van der Waals surface area (Å²) in [5, 5.41) is 0. The lowest BCUT2D eigenvalue weighted by atomic mass is 10.2. The van der Waals surface area contributed by atoms with Gasteiger partial charge in [0.2, 0.25) is 5.78 Å². The minimum Gasteiger partial charge on any atom is -0.309 e. The van der Waals surface area contributed by atoms with Crippen molar-refractivity contribution >= 4 is 5.78 Å². The molecule has 0 fully saturated rings. The first-order chi connectivity index (χ1) is 5.22. The van der Waals surface area contributed by atoms with Crippen molar-refractivity contribution in [3.8, 4) is 0 Å². The second-order valence-corrected chi connectivity index (χ2v) is 2.11. The largest absolute Gasteiger partial charge is 0.309 e. The highest BCUT2D eigenvalue weighted by molar-refractivity contribution is 5.97. The topological polar surface area (TPSA) is 82.0 Å². The summed E-state index contributed by atoms with van der Waals surface area (Å²) in [5.41, 5.74) is 10.6. The Morgan fingerprint density at radius 2 is 2.18 bits per heavy atom. The monoisotopic (exact) mass is 151 g/mol. The molecular weight excluding hydrogens is 142 g/mol. The highest BCUT2D eigenvalue weighted by atomic mass is 16.1. The fourth-order valence-corrected chi connectivity index (χ4v) is 0.679. The van der Waals surface area contributed by atoms with E-state index in [0.717, 1.165) is 0 Å². The number of carbonyl (C=O) groups excluding carboxylic acids is 1. The van der Waals surface area contributed by atoms with Gasteiger partial charge in [-0.3, -0.25) is 9.78 Å². The van der Waals surface area contributed by atoms with E-state index in [0.29, 0.717) is 5.69 Å². The molecule has 0 saturated heterocycles. The molecular formula is C7H9N3O. The molecule has 0 radical (unpaired) electrons. The van der Waals surface area contributed by atoms with Gasteiger partial charge in [-0.15, -0.1) is 0 Å². The molecule has 0 aromatic carbocycles. The van der Waals surface area contributed by atoms with Crippen LogP contribution in [0.5, 0.6) is 0 Å². The molecule has 1 rings (SSSR count). The summed E-state index contributed by atoms with van der Waals surface area (Å²) in [7, 11) is 0. The summed E-state index contributed by atoms with van der Waals surface area (Å²) < 4.78 is 0. The summed E-state index contributed by atoms with van der Waals surface area (Å²) in [6.07, 6.45) is 0.556. The van der Waals surface area contributed by atoms with Crippen molar-refractivity contribution in [1.29, 1.82) is 0 Å². The van der Waals surface area contributed by atoms with Gasteiger partial charge in [0.1, 0.15) is 11.9 Å². The lowest BCUT2D eigenvalue weighted by Gasteiger charge is -2.01. The predicted octanol–water partition coefficient (Wildman–Crippen LogP) is -0.492. The minimum atomic E-state index is -0.968. The smallest absolute Gasteiger partial charge is 0.212 e. The summed E-state index contributed by atoms with van der Waals surface area (Å²) >= 11 is 0. The van der Waals surface area contributed by atoms with Gasteiger partial charge in [-0.2, -0.15) is 0 Å². The van der Waals surface area contributed by atoms with Gasteiger partial charge in [0.05, 0.1) is 0 Å². The number of hydrogen-bond acceptors (Lipinski definition) is 4. The Hall–Kier alpha value is -1.26. The maximum atomic E-state index is 11.0. The molecule has 4 N–H and O–H groups in total. The van der Waals surface area contributed by atoms with Gasteiger partial charge in [0.15, 0.2) is 0 Å². The summed E-state index contributed by atoms with van der Waals surface area (Å²) in [4.78, 5) is 14.8. The standard InChI is InChI=1S/C7H9N3O/c8-7(9)6(11)5-3-1-2-4-10-5/h1-4,7H,8-9H2.